The third-order valence-corrected chi connectivity index (χ3v) is 4.82. The zero-order chi connectivity index (χ0) is 23.6. The summed E-state index contributed by atoms with van der Waals surface area (Å²) in [6.45, 7) is 0.455. The Labute approximate surface area is 184 Å². The fourth-order valence-corrected chi connectivity index (χ4v) is 3.19. The molecular formula is C20H17F3N8O2. The molecule has 0 spiro atoms. The molecule has 0 aliphatic heterocycles. The number of nitrogens with one attached hydrogen (secondary N) is 1. The molecule has 170 valence electrons. The lowest BCUT2D eigenvalue weighted by molar-refractivity contribution is -0.384. The number of aryl methyl sites for hydroxylation is 1. The van der Waals surface area contributed by atoms with Gasteiger partial charge in [0.15, 0.2) is 5.65 Å². The number of alkyl halides is 3. The monoisotopic (exact) mass is 458 g/mol. The average Bonchev–Trinajstić information content (AvgIpc) is 3.25. The molecule has 3 aromatic heterocycles. The van der Waals surface area contributed by atoms with E-state index in [9.17, 15) is 23.3 Å². The maximum Gasteiger partial charge on any atom is 0.416 e. The topological polar surface area (TPSA) is 137 Å². The van der Waals surface area contributed by atoms with Gasteiger partial charge in [-0.05, 0) is 31.0 Å². The third-order valence-electron chi connectivity index (χ3n) is 4.82. The second-order valence-electron chi connectivity index (χ2n) is 7.06. The lowest BCUT2D eigenvalue weighted by atomic mass is 10.1. The molecule has 0 bridgehead atoms. The smallest absolute Gasteiger partial charge is 0.378 e. The minimum Gasteiger partial charge on any atom is -0.378 e. The predicted octanol–water partition coefficient (Wildman–Crippen LogP) is 3.74. The summed E-state index contributed by atoms with van der Waals surface area (Å²) in [5.41, 5.74) is 6.66. The fraction of sp³-hybridized carbons (Fsp3) is 0.200. The lowest BCUT2D eigenvalue weighted by Gasteiger charge is -2.11. The highest BCUT2D eigenvalue weighted by Crippen LogP contribution is 2.31. The molecule has 13 heteroatoms. The van der Waals surface area contributed by atoms with E-state index in [4.69, 9.17) is 5.73 Å². The van der Waals surface area contributed by atoms with Gasteiger partial charge in [-0.2, -0.15) is 22.8 Å². The number of nitrogens with zero attached hydrogens (tertiary/aromatic N) is 6. The molecule has 0 aliphatic rings. The maximum atomic E-state index is 12.8. The molecule has 3 heterocycles. The summed E-state index contributed by atoms with van der Waals surface area (Å²) in [4.78, 5) is 22.9. The van der Waals surface area contributed by atoms with Crippen LogP contribution in [-0.4, -0.2) is 36.0 Å². The molecule has 1 aromatic carbocycles. The van der Waals surface area contributed by atoms with E-state index in [1.165, 1.54) is 29.0 Å². The highest BCUT2D eigenvalue weighted by atomic mass is 19.4. The van der Waals surface area contributed by atoms with Gasteiger partial charge in [0.2, 0.25) is 11.8 Å². The predicted molar refractivity (Wildman–Crippen MR) is 113 cm³/mol. The molecule has 0 atom stereocenters. The Bertz CT molecular complexity index is 1310. The van der Waals surface area contributed by atoms with Gasteiger partial charge >= 0.3 is 11.9 Å². The van der Waals surface area contributed by atoms with Gasteiger partial charge in [0.05, 0.1) is 16.2 Å². The van der Waals surface area contributed by atoms with Crippen LogP contribution >= 0.6 is 0 Å². The molecule has 10 nitrogen and oxygen atoms in total. The van der Waals surface area contributed by atoms with Gasteiger partial charge in [0.1, 0.15) is 6.33 Å². The van der Waals surface area contributed by atoms with Gasteiger partial charge in [-0.1, -0.05) is 12.1 Å². The Hall–Kier alpha value is -4.29. The van der Waals surface area contributed by atoms with Crippen LogP contribution in [-0.2, 0) is 12.6 Å². The normalized spacial score (nSPS) is 11.6. The Morgan fingerprint density at radius 3 is 2.55 bits per heavy atom. The Morgan fingerprint density at radius 1 is 1.12 bits per heavy atom. The van der Waals surface area contributed by atoms with Gasteiger partial charge < -0.3 is 11.1 Å². The van der Waals surface area contributed by atoms with Crippen LogP contribution in [0.4, 0.5) is 30.6 Å². The first-order valence-corrected chi connectivity index (χ1v) is 9.74. The van der Waals surface area contributed by atoms with E-state index in [2.05, 4.69) is 25.4 Å². The van der Waals surface area contributed by atoms with Crippen LogP contribution in [0.2, 0.25) is 0 Å². The van der Waals surface area contributed by atoms with Crippen molar-refractivity contribution < 1.29 is 18.1 Å². The molecule has 0 radical (unpaired) electrons. The van der Waals surface area contributed by atoms with Gasteiger partial charge in [-0.25, -0.2) is 15.0 Å². The van der Waals surface area contributed by atoms with Crippen molar-refractivity contribution in [2.75, 3.05) is 17.6 Å². The third kappa shape index (κ3) is 4.81. The van der Waals surface area contributed by atoms with Crippen molar-refractivity contribution in [1.29, 1.82) is 0 Å². The van der Waals surface area contributed by atoms with E-state index in [-0.39, 0.29) is 11.5 Å². The highest BCUT2D eigenvalue weighted by Gasteiger charge is 2.30. The molecule has 0 amide bonds. The standard InChI is InChI=1S/C20H17F3N8O2/c21-20(22,23)13-5-3-12(4-6-13)15-10-17-26-11-27-30(17)19(29-15)25-9-1-2-14-7-8-16(31(32)33)18(24)28-14/h3-8,10-11H,1-2,9H2,(H2,24,28)(H,25,29). The Morgan fingerprint density at radius 2 is 1.88 bits per heavy atom. The van der Waals surface area contributed by atoms with Crippen LogP contribution in [0.15, 0.2) is 48.8 Å². The first-order chi connectivity index (χ1) is 15.7. The molecule has 0 saturated heterocycles. The number of anilines is 2. The first kappa shape index (κ1) is 21.9. The van der Waals surface area contributed by atoms with Crippen molar-refractivity contribution in [3.05, 3.63) is 70.2 Å². The lowest BCUT2D eigenvalue weighted by Crippen LogP contribution is -2.11. The number of fused-ring (bicyclic) bond motifs is 1. The molecular weight excluding hydrogens is 441 g/mol. The number of hydrogen-bond donors (Lipinski definition) is 2. The minimum absolute atomic E-state index is 0.138. The van der Waals surface area contributed by atoms with Crippen LogP contribution in [0.5, 0.6) is 0 Å². The summed E-state index contributed by atoms with van der Waals surface area (Å²) in [5.74, 6) is 0.233. The summed E-state index contributed by atoms with van der Waals surface area (Å²) < 4.78 is 40.0. The van der Waals surface area contributed by atoms with Crippen LogP contribution in [0.3, 0.4) is 0 Å². The number of rotatable bonds is 7. The number of aromatic nitrogens is 5. The number of hydrogen-bond acceptors (Lipinski definition) is 8. The number of benzene rings is 1. The van der Waals surface area contributed by atoms with E-state index in [0.717, 1.165) is 12.1 Å². The van der Waals surface area contributed by atoms with E-state index < -0.39 is 16.7 Å². The number of nitrogen functional groups attached to an aromatic ring is 1. The molecule has 0 unspecified atom stereocenters. The van der Waals surface area contributed by atoms with Crippen molar-refractivity contribution in [3.8, 4) is 11.3 Å². The van der Waals surface area contributed by atoms with Gasteiger partial charge in [0, 0.05) is 29.9 Å². The summed E-state index contributed by atoms with van der Waals surface area (Å²) in [7, 11) is 0. The summed E-state index contributed by atoms with van der Waals surface area (Å²) >= 11 is 0. The van der Waals surface area contributed by atoms with Crippen LogP contribution < -0.4 is 11.1 Å². The second-order valence-corrected chi connectivity index (χ2v) is 7.06. The average molecular weight is 458 g/mol. The Kier molecular flexibility index (Phi) is 5.77. The summed E-state index contributed by atoms with van der Waals surface area (Å²) in [6, 6.07) is 9.21. The molecule has 4 aromatic rings. The molecule has 3 N–H and O–H groups in total. The number of nitro groups is 1. The maximum absolute atomic E-state index is 12.8. The van der Waals surface area contributed by atoms with Crippen molar-refractivity contribution in [3.63, 3.8) is 0 Å². The number of nitrogens with two attached hydrogens (primary N) is 1. The van der Waals surface area contributed by atoms with E-state index >= 15 is 0 Å². The quantitative estimate of drug-likeness (QED) is 0.243. The SMILES string of the molecule is Nc1nc(CCCNc2nc(-c3ccc(C(F)(F)F)cc3)cc3ncnn23)ccc1[N+](=O)[O-]. The number of pyridine rings is 1. The van der Waals surface area contributed by atoms with Gasteiger partial charge in [-0.3, -0.25) is 10.1 Å². The van der Waals surface area contributed by atoms with Crippen molar-refractivity contribution in [2.24, 2.45) is 0 Å². The summed E-state index contributed by atoms with van der Waals surface area (Å²) in [5, 5.41) is 18.1. The van der Waals surface area contributed by atoms with Crippen LogP contribution in [0, 0.1) is 10.1 Å². The zero-order valence-electron chi connectivity index (χ0n) is 17.0. The second kappa shape index (κ2) is 8.68. The molecule has 0 fully saturated rings. The largest absolute Gasteiger partial charge is 0.416 e. The van der Waals surface area contributed by atoms with E-state index in [0.29, 0.717) is 47.9 Å². The molecule has 33 heavy (non-hydrogen) atoms. The highest BCUT2D eigenvalue weighted by molar-refractivity contribution is 5.66. The van der Waals surface area contributed by atoms with E-state index in [1.54, 1.807) is 12.1 Å². The summed E-state index contributed by atoms with van der Waals surface area (Å²) in [6.07, 6.45) is -1.96. The molecule has 0 saturated carbocycles. The van der Waals surface area contributed by atoms with Crippen LogP contribution in [0.1, 0.15) is 17.7 Å². The fourth-order valence-electron chi connectivity index (χ4n) is 3.19. The molecule has 4 rings (SSSR count). The van der Waals surface area contributed by atoms with Gasteiger partial charge in [-0.15, -0.1) is 0 Å². The number of halogens is 3. The van der Waals surface area contributed by atoms with Crippen molar-refractivity contribution >= 4 is 23.1 Å². The van der Waals surface area contributed by atoms with E-state index in [1.807, 2.05) is 0 Å². The van der Waals surface area contributed by atoms with Crippen LogP contribution in [0.25, 0.3) is 16.9 Å². The van der Waals surface area contributed by atoms with Crippen molar-refractivity contribution in [2.45, 2.75) is 19.0 Å². The van der Waals surface area contributed by atoms with Gasteiger partial charge in [0.25, 0.3) is 0 Å². The van der Waals surface area contributed by atoms with Crippen molar-refractivity contribution in [1.82, 2.24) is 24.6 Å². The zero-order valence-corrected chi connectivity index (χ0v) is 17.0. The minimum atomic E-state index is -4.42. The Balaban J connectivity index is 1.47. The molecule has 0 aliphatic carbocycles. The first-order valence-electron chi connectivity index (χ1n) is 9.74.